The number of ether oxygens (including phenoxy) is 1. The fourth-order valence-electron chi connectivity index (χ4n) is 2.85. The Labute approximate surface area is 125 Å². The Kier molecular flexibility index (Phi) is 4.34. The van der Waals surface area contributed by atoms with Gasteiger partial charge < -0.3 is 15.0 Å². The average Bonchev–Trinajstić information content (AvgIpc) is 2.92. The molecule has 0 radical (unpaired) electrons. The highest BCUT2D eigenvalue weighted by Gasteiger charge is 2.24. The van der Waals surface area contributed by atoms with E-state index in [0.717, 1.165) is 43.4 Å². The molecule has 0 aliphatic carbocycles. The molecule has 0 bridgehead atoms. The lowest BCUT2D eigenvalue weighted by molar-refractivity contribution is 0.0171. The van der Waals surface area contributed by atoms with Crippen LogP contribution in [-0.2, 0) is 11.8 Å². The van der Waals surface area contributed by atoms with Gasteiger partial charge in [-0.05, 0) is 0 Å². The first-order chi connectivity index (χ1) is 10.3. The SMILES string of the molecule is Cn1cc(C(CN)N2CCOCC2)nc1-c1ccccc1. The smallest absolute Gasteiger partial charge is 0.140 e. The van der Waals surface area contributed by atoms with Gasteiger partial charge in [0, 0.05) is 38.4 Å². The summed E-state index contributed by atoms with van der Waals surface area (Å²) in [5, 5.41) is 0. The van der Waals surface area contributed by atoms with Crippen molar-refractivity contribution in [3.63, 3.8) is 0 Å². The molecule has 1 atom stereocenters. The van der Waals surface area contributed by atoms with E-state index in [1.165, 1.54) is 0 Å². The minimum absolute atomic E-state index is 0.164. The lowest BCUT2D eigenvalue weighted by Gasteiger charge is -2.32. The third-order valence-corrected chi connectivity index (χ3v) is 3.98. The van der Waals surface area contributed by atoms with E-state index in [1.807, 2.05) is 25.2 Å². The minimum atomic E-state index is 0.164. The van der Waals surface area contributed by atoms with E-state index in [4.69, 9.17) is 15.5 Å². The van der Waals surface area contributed by atoms with Crippen LogP contribution >= 0.6 is 0 Å². The monoisotopic (exact) mass is 286 g/mol. The summed E-state index contributed by atoms with van der Waals surface area (Å²) >= 11 is 0. The van der Waals surface area contributed by atoms with E-state index in [2.05, 4.69) is 27.8 Å². The summed E-state index contributed by atoms with van der Waals surface area (Å²) in [6.45, 7) is 3.95. The lowest BCUT2D eigenvalue weighted by atomic mass is 10.1. The Morgan fingerprint density at radius 1 is 1.24 bits per heavy atom. The van der Waals surface area contributed by atoms with Gasteiger partial charge in [-0.15, -0.1) is 0 Å². The van der Waals surface area contributed by atoms with E-state index in [1.54, 1.807) is 0 Å². The quantitative estimate of drug-likeness (QED) is 0.923. The number of hydrogen-bond acceptors (Lipinski definition) is 4. The van der Waals surface area contributed by atoms with Crippen LogP contribution in [0, 0.1) is 0 Å². The van der Waals surface area contributed by atoms with Crippen LogP contribution in [0.5, 0.6) is 0 Å². The molecule has 1 fully saturated rings. The Morgan fingerprint density at radius 2 is 1.95 bits per heavy atom. The van der Waals surface area contributed by atoms with E-state index < -0.39 is 0 Å². The summed E-state index contributed by atoms with van der Waals surface area (Å²) in [5.74, 6) is 0.984. The van der Waals surface area contributed by atoms with Gasteiger partial charge in [0.1, 0.15) is 5.82 Å². The topological polar surface area (TPSA) is 56.3 Å². The van der Waals surface area contributed by atoms with Crippen LogP contribution in [0.1, 0.15) is 11.7 Å². The maximum atomic E-state index is 6.00. The summed E-state index contributed by atoms with van der Waals surface area (Å²) in [6, 6.07) is 10.4. The first-order valence-corrected chi connectivity index (χ1v) is 7.40. The molecule has 1 aliphatic heterocycles. The number of nitrogens with two attached hydrogens (primary N) is 1. The highest BCUT2D eigenvalue weighted by atomic mass is 16.5. The number of hydrogen-bond donors (Lipinski definition) is 1. The van der Waals surface area contributed by atoms with Gasteiger partial charge in [-0.1, -0.05) is 30.3 Å². The Morgan fingerprint density at radius 3 is 2.62 bits per heavy atom. The van der Waals surface area contributed by atoms with Crippen molar-refractivity contribution in [2.75, 3.05) is 32.8 Å². The predicted octanol–water partition coefficient (Wildman–Crippen LogP) is 1.42. The fraction of sp³-hybridized carbons (Fsp3) is 0.438. The molecule has 5 heteroatoms. The standard InChI is InChI=1S/C16H22N4O/c1-19-12-14(15(11-17)20-7-9-21-10-8-20)18-16(19)13-5-3-2-4-6-13/h2-6,12,15H,7-11,17H2,1H3. The Balaban J connectivity index is 1.88. The van der Waals surface area contributed by atoms with E-state index in [0.29, 0.717) is 6.54 Å². The third-order valence-electron chi connectivity index (χ3n) is 3.98. The first-order valence-electron chi connectivity index (χ1n) is 7.40. The molecule has 0 saturated carbocycles. The molecule has 0 spiro atoms. The zero-order valence-corrected chi connectivity index (χ0v) is 12.4. The highest BCUT2D eigenvalue weighted by Crippen LogP contribution is 2.24. The van der Waals surface area contributed by atoms with Gasteiger partial charge in [-0.3, -0.25) is 4.90 Å². The maximum Gasteiger partial charge on any atom is 0.140 e. The van der Waals surface area contributed by atoms with Crippen molar-refractivity contribution in [2.24, 2.45) is 12.8 Å². The highest BCUT2D eigenvalue weighted by molar-refractivity contribution is 5.55. The lowest BCUT2D eigenvalue weighted by Crippen LogP contribution is -2.42. The van der Waals surface area contributed by atoms with Crippen LogP contribution in [-0.4, -0.2) is 47.3 Å². The number of aromatic nitrogens is 2. The number of morpholine rings is 1. The molecule has 1 saturated heterocycles. The molecule has 112 valence electrons. The summed E-state index contributed by atoms with van der Waals surface area (Å²) in [4.78, 5) is 7.19. The largest absolute Gasteiger partial charge is 0.379 e. The van der Waals surface area contributed by atoms with Crippen LogP contribution in [0.4, 0.5) is 0 Å². The summed E-state index contributed by atoms with van der Waals surface area (Å²) in [7, 11) is 2.03. The molecule has 2 N–H and O–H groups in total. The van der Waals surface area contributed by atoms with Crippen LogP contribution in [0.2, 0.25) is 0 Å². The van der Waals surface area contributed by atoms with Crippen molar-refractivity contribution in [3.05, 3.63) is 42.2 Å². The normalized spacial score (nSPS) is 17.8. The average molecular weight is 286 g/mol. The van der Waals surface area contributed by atoms with Crippen molar-refractivity contribution in [1.82, 2.24) is 14.5 Å². The predicted molar refractivity (Wildman–Crippen MR) is 82.8 cm³/mol. The summed E-state index contributed by atoms with van der Waals surface area (Å²) in [5.41, 5.74) is 8.17. The number of nitrogens with zero attached hydrogens (tertiary/aromatic N) is 3. The third kappa shape index (κ3) is 3.00. The summed E-state index contributed by atoms with van der Waals surface area (Å²) < 4.78 is 7.50. The summed E-state index contributed by atoms with van der Waals surface area (Å²) in [6.07, 6.45) is 2.09. The van der Waals surface area contributed by atoms with Crippen LogP contribution < -0.4 is 5.73 Å². The molecule has 3 rings (SSSR count). The number of benzene rings is 1. The van der Waals surface area contributed by atoms with E-state index in [-0.39, 0.29) is 6.04 Å². The Bertz CT molecular complexity index is 575. The Hall–Kier alpha value is -1.69. The van der Waals surface area contributed by atoms with Crippen molar-refractivity contribution in [3.8, 4) is 11.4 Å². The van der Waals surface area contributed by atoms with Gasteiger partial charge >= 0.3 is 0 Å². The van der Waals surface area contributed by atoms with E-state index >= 15 is 0 Å². The number of aryl methyl sites for hydroxylation is 1. The minimum Gasteiger partial charge on any atom is -0.379 e. The van der Waals surface area contributed by atoms with Gasteiger partial charge in [0.05, 0.1) is 24.9 Å². The van der Waals surface area contributed by atoms with Gasteiger partial charge in [-0.25, -0.2) is 4.98 Å². The molecule has 5 nitrogen and oxygen atoms in total. The molecule has 1 aromatic heterocycles. The molecular formula is C16H22N4O. The van der Waals surface area contributed by atoms with Crippen LogP contribution in [0.3, 0.4) is 0 Å². The molecule has 1 unspecified atom stereocenters. The van der Waals surface area contributed by atoms with Crippen LogP contribution in [0.25, 0.3) is 11.4 Å². The first kappa shape index (κ1) is 14.3. The van der Waals surface area contributed by atoms with Gasteiger partial charge in [0.25, 0.3) is 0 Å². The second kappa shape index (κ2) is 6.39. The van der Waals surface area contributed by atoms with Gasteiger partial charge in [0.2, 0.25) is 0 Å². The molecule has 21 heavy (non-hydrogen) atoms. The molecule has 0 amide bonds. The molecule has 1 aromatic carbocycles. The number of imidazole rings is 1. The van der Waals surface area contributed by atoms with Crippen molar-refractivity contribution in [1.29, 1.82) is 0 Å². The zero-order chi connectivity index (χ0) is 14.7. The van der Waals surface area contributed by atoms with Crippen molar-refractivity contribution in [2.45, 2.75) is 6.04 Å². The zero-order valence-electron chi connectivity index (χ0n) is 12.4. The molecule has 2 heterocycles. The number of rotatable bonds is 4. The van der Waals surface area contributed by atoms with E-state index in [9.17, 15) is 0 Å². The van der Waals surface area contributed by atoms with Crippen molar-refractivity contribution >= 4 is 0 Å². The second-order valence-corrected chi connectivity index (χ2v) is 5.37. The molecule has 1 aliphatic rings. The second-order valence-electron chi connectivity index (χ2n) is 5.37. The molecular weight excluding hydrogens is 264 g/mol. The fourth-order valence-corrected chi connectivity index (χ4v) is 2.85. The maximum absolute atomic E-state index is 6.00. The molecule has 2 aromatic rings. The van der Waals surface area contributed by atoms with Gasteiger partial charge in [-0.2, -0.15) is 0 Å². The van der Waals surface area contributed by atoms with Crippen LogP contribution in [0.15, 0.2) is 36.5 Å². The van der Waals surface area contributed by atoms with Crippen molar-refractivity contribution < 1.29 is 4.74 Å². The van der Waals surface area contributed by atoms with Gasteiger partial charge in [0.15, 0.2) is 0 Å².